The van der Waals surface area contributed by atoms with Crippen molar-refractivity contribution < 1.29 is 17.6 Å². The van der Waals surface area contributed by atoms with Gasteiger partial charge in [-0.3, -0.25) is 9.10 Å². The molecule has 0 fully saturated rings. The lowest BCUT2D eigenvalue weighted by molar-refractivity contribution is 0.0940. The van der Waals surface area contributed by atoms with Gasteiger partial charge >= 0.3 is 0 Å². The quantitative estimate of drug-likeness (QED) is 0.345. The Morgan fingerprint density at radius 3 is 2.00 bits per heavy atom. The van der Waals surface area contributed by atoms with Crippen LogP contribution in [0.2, 0.25) is 0 Å². The number of carbonyl (C=O) groups excluding carboxylic acids is 1. The van der Waals surface area contributed by atoms with Gasteiger partial charge in [-0.1, -0.05) is 60.7 Å². The third-order valence-corrected chi connectivity index (χ3v) is 7.42. The highest BCUT2D eigenvalue weighted by Crippen LogP contribution is 2.26. The van der Waals surface area contributed by atoms with Crippen LogP contribution in [0.5, 0.6) is 0 Å². The molecule has 5 nitrogen and oxygen atoms in total. The minimum Gasteiger partial charge on any atom is -0.346 e. The summed E-state index contributed by atoms with van der Waals surface area (Å²) in [5, 5.41) is 2.90. The summed E-state index contributed by atoms with van der Waals surface area (Å²) in [5.74, 6) is -0.605. The highest BCUT2D eigenvalue weighted by molar-refractivity contribution is 7.92. The van der Waals surface area contributed by atoms with Crippen molar-refractivity contribution in [1.29, 1.82) is 0 Å². The third kappa shape index (κ3) is 5.75. The Bertz CT molecular complexity index is 1380. The van der Waals surface area contributed by atoms with Gasteiger partial charge in [0.25, 0.3) is 15.9 Å². The number of rotatable bonds is 8. The number of nitrogens with one attached hydrogen (secondary N) is 1. The standard InChI is InChI=1S/C28H25FN2O3S/c1-21(23-16-18-25(29)19-17-23)30-28(32)24-14-12-22(13-15-24)20-31(26-8-4-2-5-9-26)35(33,34)27-10-6-3-7-11-27/h2-19,21H,20H2,1H3,(H,30,32). The number of hydrogen-bond acceptors (Lipinski definition) is 3. The summed E-state index contributed by atoms with van der Waals surface area (Å²) in [6, 6.07) is 29.7. The summed E-state index contributed by atoms with van der Waals surface area (Å²) < 4.78 is 41.4. The van der Waals surface area contributed by atoms with E-state index in [9.17, 15) is 17.6 Å². The molecule has 0 bridgehead atoms. The maximum absolute atomic E-state index is 13.4. The van der Waals surface area contributed by atoms with Gasteiger partial charge in [-0.2, -0.15) is 0 Å². The van der Waals surface area contributed by atoms with Gasteiger partial charge in [-0.05, 0) is 66.6 Å². The second-order valence-electron chi connectivity index (χ2n) is 8.10. The van der Waals surface area contributed by atoms with Crippen molar-refractivity contribution in [3.05, 3.63) is 132 Å². The highest BCUT2D eigenvalue weighted by atomic mass is 32.2. The molecule has 35 heavy (non-hydrogen) atoms. The molecule has 0 aromatic heterocycles. The lowest BCUT2D eigenvalue weighted by Crippen LogP contribution is -2.30. The fourth-order valence-corrected chi connectivity index (χ4v) is 5.14. The van der Waals surface area contributed by atoms with E-state index in [0.29, 0.717) is 11.3 Å². The molecule has 0 saturated heterocycles. The molecule has 4 aromatic carbocycles. The van der Waals surface area contributed by atoms with E-state index in [1.54, 1.807) is 91.0 Å². The zero-order valence-corrected chi connectivity index (χ0v) is 20.0. The van der Waals surface area contributed by atoms with Crippen molar-refractivity contribution in [2.75, 3.05) is 4.31 Å². The predicted molar refractivity (Wildman–Crippen MR) is 135 cm³/mol. The number of nitrogens with zero attached hydrogens (tertiary/aromatic N) is 1. The molecule has 178 valence electrons. The monoisotopic (exact) mass is 488 g/mol. The first-order valence-corrected chi connectivity index (χ1v) is 12.6. The number of anilines is 1. The Labute approximate surface area is 204 Å². The summed E-state index contributed by atoms with van der Waals surface area (Å²) in [6.45, 7) is 1.93. The summed E-state index contributed by atoms with van der Waals surface area (Å²) in [5.41, 5.74) is 2.52. The van der Waals surface area contributed by atoms with E-state index in [0.717, 1.165) is 11.1 Å². The van der Waals surface area contributed by atoms with Crippen molar-refractivity contribution in [3.63, 3.8) is 0 Å². The highest BCUT2D eigenvalue weighted by Gasteiger charge is 2.25. The van der Waals surface area contributed by atoms with Gasteiger partial charge in [0.05, 0.1) is 23.2 Å². The molecule has 1 N–H and O–H groups in total. The Morgan fingerprint density at radius 1 is 0.829 bits per heavy atom. The van der Waals surface area contributed by atoms with Crippen LogP contribution >= 0.6 is 0 Å². The molecule has 0 aliphatic heterocycles. The maximum Gasteiger partial charge on any atom is 0.264 e. The first-order valence-electron chi connectivity index (χ1n) is 11.1. The number of benzene rings is 4. The maximum atomic E-state index is 13.4. The van der Waals surface area contributed by atoms with Crippen molar-refractivity contribution in [2.45, 2.75) is 24.4 Å². The van der Waals surface area contributed by atoms with E-state index in [4.69, 9.17) is 0 Å². The summed E-state index contributed by atoms with van der Waals surface area (Å²) in [7, 11) is -3.80. The predicted octanol–water partition coefficient (Wildman–Crippen LogP) is 5.71. The molecule has 1 amide bonds. The van der Waals surface area contributed by atoms with Gasteiger partial charge in [-0.25, -0.2) is 12.8 Å². The van der Waals surface area contributed by atoms with Crippen molar-refractivity contribution in [3.8, 4) is 0 Å². The number of hydrogen-bond donors (Lipinski definition) is 1. The van der Waals surface area contributed by atoms with Gasteiger partial charge in [0.15, 0.2) is 0 Å². The van der Waals surface area contributed by atoms with Crippen LogP contribution in [0.3, 0.4) is 0 Å². The largest absolute Gasteiger partial charge is 0.346 e. The van der Waals surface area contributed by atoms with Crippen LogP contribution in [0.15, 0.2) is 114 Å². The minimum absolute atomic E-state index is 0.106. The first kappa shape index (κ1) is 24.2. The molecule has 4 rings (SSSR count). The van der Waals surface area contributed by atoms with Gasteiger partial charge in [0.2, 0.25) is 0 Å². The van der Waals surface area contributed by atoms with E-state index in [-0.39, 0.29) is 29.2 Å². The molecule has 0 heterocycles. The normalized spacial score (nSPS) is 12.1. The third-order valence-electron chi connectivity index (χ3n) is 5.64. The lowest BCUT2D eigenvalue weighted by atomic mass is 10.1. The fraction of sp³-hybridized carbons (Fsp3) is 0.107. The smallest absolute Gasteiger partial charge is 0.264 e. The number of amides is 1. The Balaban J connectivity index is 1.53. The van der Waals surface area contributed by atoms with Gasteiger partial charge in [0, 0.05) is 5.56 Å². The van der Waals surface area contributed by atoms with Gasteiger partial charge < -0.3 is 5.32 Å². The molecule has 7 heteroatoms. The van der Waals surface area contributed by atoms with Crippen LogP contribution < -0.4 is 9.62 Å². The van der Waals surface area contributed by atoms with Gasteiger partial charge in [-0.15, -0.1) is 0 Å². The molecule has 0 saturated carbocycles. The molecule has 0 aliphatic carbocycles. The minimum atomic E-state index is -3.80. The molecular formula is C28H25FN2O3S. The van der Waals surface area contributed by atoms with E-state index < -0.39 is 10.0 Å². The zero-order valence-electron chi connectivity index (χ0n) is 19.1. The summed E-state index contributed by atoms with van der Waals surface area (Å²) in [4.78, 5) is 12.9. The topological polar surface area (TPSA) is 66.5 Å². The SMILES string of the molecule is CC(NC(=O)c1ccc(CN(c2ccccc2)S(=O)(=O)c2ccccc2)cc1)c1ccc(F)cc1. The summed E-state index contributed by atoms with van der Waals surface area (Å²) in [6.07, 6.45) is 0. The molecular weight excluding hydrogens is 463 g/mol. The van der Waals surface area contributed by atoms with Crippen LogP contribution in [0.4, 0.5) is 10.1 Å². The zero-order chi connectivity index (χ0) is 24.8. The van der Waals surface area contributed by atoms with Gasteiger partial charge in [0.1, 0.15) is 5.82 Å². The number of halogens is 1. The van der Waals surface area contributed by atoms with Crippen LogP contribution in [-0.2, 0) is 16.6 Å². The Kier molecular flexibility index (Phi) is 7.27. The average molecular weight is 489 g/mol. The van der Waals surface area contributed by atoms with E-state index >= 15 is 0 Å². The second kappa shape index (κ2) is 10.5. The van der Waals surface area contributed by atoms with Crippen LogP contribution in [-0.4, -0.2) is 14.3 Å². The van der Waals surface area contributed by atoms with Crippen LogP contribution in [0.1, 0.15) is 34.5 Å². The molecule has 1 unspecified atom stereocenters. The van der Waals surface area contributed by atoms with E-state index in [1.165, 1.54) is 16.4 Å². The Hall–Kier alpha value is -3.97. The molecule has 0 aliphatic rings. The lowest BCUT2D eigenvalue weighted by Gasteiger charge is -2.25. The summed E-state index contributed by atoms with van der Waals surface area (Å²) >= 11 is 0. The van der Waals surface area contributed by atoms with Crippen LogP contribution in [0, 0.1) is 5.82 Å². The van der Waals surface area contributed by atoms with Crippen LogP contribution in [0.25, 0.3) is 0 Å². The van der Waals surface area contributed by atoms with Crippen molar-refractivity contribution in [1.82, 2.24) is 5.32 Å². The molecule has 0 spiro atoms. The van der Waals surface area contributed by atoms with E-state index in [1.807, 2.05) is 13.0 Å². The number of para-hydroxylation sites is 1. The van der Waals surface area contributed by atoms with Crippen molar-refractivity contribution >= 4 is 21.6 Å². The molecule has 0 radical (unpaired) electrons. The fourth-order valence-electron chi connectivity index (χ4n) is 3.67. The number of sulfonamides is 1. The van der Waals surface area contributed by atoms with E-state index in [2.05, 4.69) is 5.32 Å². The molecule has 1 atom stereocenters. The number of carbonyl (C=O) groups is 1. The Morgan fingerprint density at radius 2 is 1.40 bits per heavy atom. The first-order chi connectivity index (χ1) is 16.8. The average Bonchev–Trinajstić information content (AvgIpc) is 2.89. The molecule has 4 aromatic rings. The second-order valence-corrected chi connectivity index (χ2v) is 9.97. The van der Waals surface area contributed by atoms with Crippen molar-refractivity contribution in [2.24, 2.45) is 0 Å².